The van der Waals surface area contributed by atoms with Crippen LogP contribution in [0.4, 0.5) is 0 Å². The first-order valence-electron chi connectivity index (χ1n) is 8.30. The number of aryl methyl sites for hydroxylation is 1. The lowest BCUT2D eigenvalue weighted by Gasteiger charge is -2.36. The van der Waals surface area contributed by atoms with Crippen molar-refractivity contribution in [2.45, 2.75) is 32.0 Å². The van der Waals surface area contributed by atoms with E-state index in [1.54, 1.807) is 36.6 Å². The van der Waals surface area contributed by atoms with Gasteiger partial charge in [-0.05, 0) is 37.1 Å². The standard InChI is InChI=1S/C18H23N3O3S/c1-12-7-13(3-4-17(12)24-2)18(23)20-15-5-6-21(9-16(15)22)8-14-10-25-11-19-14/h3-4,7,10-11,15-16,22H,5-6,8-9H2,1-2H3,(H,20,23)/t15-,16-/m1/s1. The van der Waals surface area contributed by atoms with Crippen molar-refractivity contribution in [1.82, 2.24) is 15.2 Å². The highest BCUT2D eigenvalue weighted by atomic mass is 32.1. The molecule has 134 valence electrons. The number of hydrogen-bond donors (Lipinski definition) is 2. The minimum absolute atomic E-state index is 0.164. The number of ether oxygens (including phenoxy) is 1. The number of piperidine rings is 1. The Morgan fingerprint density at radius 1 is 1.52 bits per heavy atom. The maximum Gasteiger partial charge on any atom is 0.251 e. The van der Waals surface area contributed by atoms with Gasteiger partial charge in [-0.3, -0.25) is 9.69 Å². The number of thiazole rings is 1. The lowest BCUT2D eigenvalue weighted by Crippen LogP contribution is -2.53. The van der Waals surface area contributed by atoms with Crippen molar-refractivity contribution in [3.63, 3.8) is 0 Å². The topological polar surface area (TPSA) is 74.7 Å². The molecule has 1 saturated heterocycles. The summed E-state index contributed by atoms with van der Waals surface area (Å²) in [6, 6.07) is 5.10. The third-order valence-corrected chi connectivity index (χ3v) is 5.14. The molecule has 0 aliphatic carbocycles. The number of carbonyl (C=O) groups is 1. The predicted molar refractivity (Wildman–Crippen MR) is 97.0 cm³/mol. The number of aliphatic hydroxyl groups excluding tert-OH is 1. The van der Waals surface area contributed by atoms with E-state index < -0.39 is 6.10 Å². The lowest BCUT2D eigenvalue weighted by atomic mass is 10.0. The largest absolute Gasteiger partial charge is 0.496 e. The van der Waals surface area contributed by atoms with Crippen LogP contribution in [0.2, 0.25) is 0 Å². The van der Waals surface area contributed by atoms with Crippen LogP contribution in [0.5, 0.6) is 5.75 Å². The van der Waals surface area contributed by atoms with Crippen LogP contribution in [-0.2, 0) is 6.54 Å². The van der Waals surface area contributed by atoms with Crippen LogP contribution in [0.15, 0.2) is 29.1 Å². The molecular weight excluding hydrogens is 338 g/mol. The average molecular weight is 361 g/mol. The Labute approximate surface area is 151 Å². The van der Waals surface area contributed by atoms with Crippen LogP contribution < -0.4 is 10.1 Å². The van der Waals surface area contributed by atoms with Gasteiger partial charge in [-0.15, -0.1) is 11.3 Å². The molecule has 0 unspecified atom stereocenters. The fourth-order valence-electron chi connectivity index (χ4n) is 3.13. The number of amides is 1. The Hall–Kier alpha value is -1.96. The quantitative estimate of drug-likeness (QED) is 0.850. The molecule has 0 radical (unpaired) electrons. The summed E-state index contributed by atoms with van der Waals surface area (Å²) < 4.78 is 5.22. The molecule has 2 N–H and O–H groups in total. The molecule has 6 nitrogen and oxygen atoms in total. The first kappa shape index (κ1) is 17.8. The Kier molecular flexibility index (Phi) is 5.67. The minimum Gasteiger partial charge on any atom is -0.496 e. The van der Waals surface area contributed by atoms with E-state index in [4.69, 9.17) is 4.74 Å². The van der Waals surface area contributed by atoms with Crippen molar-refractivity contribution < 1.29 is 14.6 Å². The summed E-state index contributed by atoms with van der Waals surface area (Å²) in [5.74, 6) is 0.592. The Morgan fingerprint density at radius 3 is 3.00 bits per heavy atom. The van der Waals surface area contributed by atoms with Gasteiger partial charge in [0.2, 0.25) is 0 Å². The van der Waals surface area contributed by atoms with E-state index in [1.165, 1.54) is 0 Å². The van der Waals surface area contributed by atoms with Gasteiger partial charge in [0.1, 0.15) is 5.75 Å². The molecule has 1 aromatic heterocycles. The first-order valence-corrected chi connectivity index (χ1v) is 9.24. The van der Waals surface area contributed by atoms with Gasteiger partial charge in [0.15, 0.2) is 0 Å². The Bertz CT molecular complexity index is 720. The van der Waals surface area contributed by atoms with Gasteiger partial charge in [0.25, 0.3) is 5.91 Å². The van der Waals surface area contributed by atoms with Gasteiger partial charge in [-0.2, -0.15) is 0 Å². The van der Waals surface area contributed by atoms with E-state index in [1.807, 2.05) is 17.8 Å². The molecule has 7 heteroatoms. The van der Waals surface area contributed by atoms with Crippen LogP contribution in [0.25, 0.3) is 0 Å². The highest BCUT2D eigenvalue weighted by Gasteiger charge is 2.29. The summed E-state index contributed by atoms with van der Waals surface area (Å²) in [5, 5.41) is 15.4. The molecule has 1 amide bonds. The minimum atomic E-state index is -0.587. The van der Waals surface area contributed by atoms with Crippen LogP contribution >= 0.6 is 11.3 Å². The number of likely N-dealkylation sites (tertiary alicyclic amines) is 1. The second-order valence-electron chi connectivity index (χ2n) is 6.34. The summed E-state index contributed by atoms with van der Waals surface area (Å²) in [5.41, 5.74) is 4.33. The maximum absolute atomic E-state index is 12.5. The smallest absolute Gasteiger partial charge is 0.251 e. The predicted octanol–water partition coefficient (Wildman–Crippen LogP) is 1.83. The van der Waals surface area contributed by atoms with Gasteiger partial charge in [-0.1, -0.05) is 0 Å². The SMILES string of the molecule is COc1ccc(C(=O)N[C@@H]2CCN(Cc3cscn3)C[C@H]2O)cc1C. The van der Waals surface area contributed by atoms with Crippen molar-refractivity contribution in [3.8, 4) is 5.75 Å². The third kappa shape index (κ3) is 4.36. The van der Waals surface area contributed by atoms with Crippen molar-refractivity contribution >= 4 is 17.2 Å². The maximum atomic E-state index is 12.5. The van der Waals surface area contributed by atoms with Crippen LogP contribution in [0, 0.1) is 6.92 Å². The van der Waals surface area contributed by atoms with E-state index in [9.17, 15) is 9.90 Å². The molecule has 2 heterocycles. The Morgan fingerprint density at radius 2 is 2.36 bits per heavy atom. The van der Waals surface area contributed by atoms with Crippen molar-refractivity contribution in [1.29, 1.82) is 0 Å². The van der Waals surface area contributed by atoms with Gasteiger partial charge in [0, 0.05) is 30.6 Å². The molecule has 25 heavy (non-hydrogen) atoms. The van der Waals surface area contributed by atoms with E-state index >= 15 is 0 Å². The summed E-state index contributed by atoms with van der Waals surface area (Å²) >= 11 is 1.57. The molecule has 0 saturated carbocycles. The normalized spacial score (nSPS) is 21.1. The summed E-state index contributed by atoms with van der Waals surface area (Å²) in [6.07, 6.45) is 0.127. The molecular formula is C18H23N3O3S. The average Bonchev–Trinajstić information content (AvgIpc) is 3.10. The Balaban J connectivity index is 1.56. The van der Waals surface area contributed by atoms with Crippen LogP contribution in [0.3, 0.4) is 0 Å². The second-order valence-corrected chi connectivity index (χ2v) is 7.05. The van der Waals surface area contributed by atoms with Crippen LogP contribution in [-0.4, -0.2) is 53.2 Å². The van der Waals surface area contributed by atoms with Crippen LogP contribution in [0.1, 0.15) is 28.0 Å². The highest BCUT2D eigenvalue weighted by Crippen LogP contribution is 2.19. The molecule has 1 fully saturated rings. The number of carbonyl (C=O) groups excluding carboxylic acids is 1. The van der Waals surface area contributed by atoms with E-state index in [-0.39, 0.29) is 11.9 Å². The van der Waals surface area contributed by atoms with E-state index in [0.29, 0.717) is 18.5 Å². The number of β-amino-alcohol motifs (C(OH)–C–C–N with tert-alkyl or cyclic N) is 1. The molecule has 1 aliphatic heterocycles. The third-order valence-electron chi connectivity index (χ3n) is 4.51. The summed E-state index contributed by atoms with van der Waals surface area (Å²) in [4.78, 5) is 18.9. The summed E-state index contributed by atoms with van der Waals surface area (Å²) in [6.45, 7) is 3.99. The van der Waals surface area contributed by atoms with Crippen molar-refractivity contribution in [3.05, 3.63) is 45.9 Å². The number of benzene rings is 1. The second kappa shape index (κ2) is 7.95. The number of aliphatic hydroxyl groups is 1. The molecule has 0 spiro atoms. The molecule has 1 aliphatic rings. The monoisotopic (exact) mass is 361 g/mol. The zero-order valence-corrected chi connectivity index (χ0v) is 15.3. The van der Waals surface area contributed by atoms with Crippen molar-refractivity contribution in [2.75, 3.05) is 20.2 Å². The fourth-order valence-corrected chi connectivity index (χ4v) is 3.67. The number of hydrogen-bond acceptors (Lipinski definition) is 6. The zero-order valence-electron chi connectivity index (χ0n) is 14.4. The first-order chi connectivity index (χ1) is 12.1. The van der Waals surface area contributed by atoms with Gasteiger partial charge < -0.3 is 15.2 Å². The molecule has 2 atom stereocenters. The fraction of sp³-hybridized carbons (Fsp3) is 0.444. The number of methoxy groups -OCH3 is 1. The van der Waals surface area contributed by atoms with E-state index in [0.717, 1.165) is 30.1 Å². The molecule has 3 rings (SSSR count). The van der Waals surface area contributed by atoms with Gasteiger partial charge >= 0.3 is 0 Å². The van der Waals surface area contributed by atoms with Gasteiger partial charge in [0.05, 0.1) is 30.5 Å². The molecule has 2 aromatic rings. The number of rotatable bonds is 5. The zero-order chi connectivity index (χ0) is 17.8. The number of nitrogens with one attached hydrogen (secondary N) is 1. The van der Waals surface area contributed by atoms with Crippen molar-refractivity contribution in [2.24, 2.45) is 0 Å². The summed E-state index contributed by atoms with van der Waals surface area (Å²) in [7, 11) is 1.61. The lowest BCUT2D eigenvalue weighted by molar-refractivity contribution is 0.0346. The highest BCUT2D eigenvalue weighted by molar-refractivity contribution is 7.07. The van der Waals surface area contributed by atoms with E-state index in [2.05, 4.69) is 15.2 Å². The molecule has 0 bridgehead atoms. The van der Waals surface area contributed by atoms with Gasteiger partial charge in [-0.25, -0.2) is 4.98 Å². The number of aromatic nitrogens is 1. The molecule has 1 aromatic carbocycles. The number of nitrogens with zero attached hydrogens (tertiary/aromatic N) is 2.